The Morgan fingerprint density at radius 2 is 1.85 bits per heavy atom. The Hall–Kier alpha value is -2.34. The molecular formula is C20H24N2O3S. The van der Waals surface area contributed by atoms with E-state index in [1.54, 1.807) is 6.07 Å². The van der Waals surface area contributed by atoms with E-state index in [0.29, 0.717) is 30.8 Å². The summed E-state index contributed by atoms with van der Waals surface area (Å²) in [5, 5.41) is 2.91. The van der Waals surface area contributed by atoms with Crippen molar-refractivity contribution in [2.24, 2.45) is 0 Å². The first-order chi connectivity index (χ1) is 12.2. The molecular weight excluding hydrogens is 348 g/mol. The van der Waals surface area contributed by atoms with Gasteiger partial charge < -0.3 is 5.32 Å². The van der Waals surface area contributed by atoms with Crippen LogP contribution >= 0.6 is 0 Å². The molecule has 2 aromatic carbocycles. The maximum Gasteiger partial charge on any atom is 0.232 e. The fraction of sp³-hybridized carbons (Fsp3) is 0.350. The molecule has 0 saturated carbocycles. The smallest absolute Gasteiger partial charge is 0.232 e. The number of hydrogen-bond acceptors (Lipinski definition) is 3. The molecule has 1 aliphatic heterocycles. The van der Waals surface area contributed by atoms with Gasteiger partial charge in [-0.25, -0.2) is 8.42 Å². The summed E-state index contributed by atoms with van der Waals surface area (Å²) in [7, 11) is -3.31. The largest absolute Gasteiger partial charge is 0.326 e. The predicted molar refractivity (Wildman–Crippen MR) is 105 cm³/mol. The minimum Gasteiger partial charge on any atom is -0.326 e. The lowest BCUT2D eigenvalue weighted by atomic mass is 9.81. The van der Waals surface area contributed by atoms with Gasteiger partial charge in [0.2, 0.25) is 15.9 Å². The van der Waals surface area contributed by atoms with Crippen LogP contribution in [0.4, 0.5) is 11.4 Å². The summed E-state index contributed by atoms with van der Waals surface area (Å²) in [5.41, 5.74) is 3.08. The lowest BCUT2D eigenvalue weighted by Crippen LogP contribution is -2.28. The Bertz CT molecular complexity index is 921. The number of benzene rings is 2. The zero-order chi connectivity index (χ0) is 18.9. The quantitative estimate of drug-likeness (QED) is 0.876. The second kappa shape index (κ2) is 6.76. The highest BCUT2D eigenvalue weighted by Crippen LogP contribution is 2.33. The van der Waals surface area contributed by atoms with Crippen LogP contribution in [-0.4, -0.2) is 27.1 Å². The number of carbonyl (C=O) groups excluding carboxylic acids is 1. The third-order valence-corrected chi connectivity index (χ3v) is 5.96. The molecule has 0 aliphatic carbocycles. The van der Waals surface area contributed by atoms with Crippen molar-refractivity contribution >= 4 is 27.3 Å². The van der Waals surface area contributed by atoms with Crippen molar-refractivity contribution in [2.75, 3.05) is 22.4 Å². The second-order valence-electron chi connectivity index (χ2n) is 7.40. The Kier molecular flexibility index (Phi) is 4.80. The fourth-order valence-corrected chi connectivity index (χ4v) is 4.32. The van der Waals surface area contributed by atoms with Crippen molar-refractivity contribution in [2.45, 2.75) is 32.1 Å². The van der Waals surface area contributed by atoms with Crippen molar-refractivity contribution in [1.82, 2.24) is 0 Å². The molecule has 0 fully saturated rings. The Morgan fingerprint density at radius 1 is 1.15 bits per heavy atom. The average molecular weight is 372 g/mol. The van der Waals surface area contributed by atoms with E-state index < -0.39 is 10.0 Å². The van der Waals surface area contributed by atoms with Crippen LogP contribution in [-0.2, 0) is 26.7 Å². The summed E-state index contributed by atoms with van der Waals surface area (Å²) in [6, 6.07) is 15.4. The number of fused-ring (bicyclic) bond motifs is 1. The molecule has 0 aromatic heterocycles. The minimum atomic E-state index is -3.31. The van der Waals surface area contributed by atoms with E-state index in [4.69, 9.17) is 0 Å². The number of amides is 1. The summed E-state index contributed by atoms with van der Waals surface area (Å²) >= 11 is 0. The van der Waals surface area contributed by atoms with Crippen molar-refractivity contribution in [3.8, 4) is 0 Å². The first-order valence-corrected chi connectivity index (χ1v) is 10.5. The highest BCUT2D eigenvalue weighted by Gasteiger charge is 2.27. The number of sulfonamides is 1. The molecule has 26 heavy (non-hydrogen) atoms. The monoisotopic (exact) mass is 372 g/mol. The van der Waals surface area contributed by atoms with Crippen LogP contribution in [0, 0.1) is 0 Å². The summed E-state index contributed by atoms with van der Waals surface area (Å²) in [6.45, 7) is 4.53. The Labute approximate surface area is 155 Å². The third kappa shape index (κ3) is 3.90. The molecule has 5 nitrogen and oxygen atoms in total. The third-order valence-electron chi connectivity index (χ3n) is 4.78. The lowest BCUT2D eigenvalue weighted by Gasteiger charge is -2.24. The van der Waals surface area contributed by atoms with E-state index in [9.17, 15) is 13.2 Å². The van der Waals surface area contributed by atoms with E-state index in [2.05, 4.69) is 5.32 Å². The fourth-order valence-electron chi connectivity index (χ4n) is 3.37. The highest BCUT2D eigenvalue weighted by atomic mass is 32.2. The van der Waals surface area contributed by atoms with Gasteiger partial charge in [-0.2, -0.15) is 0 Å². The first kappa shape index (κ1) is 18.5. The molecule has 2 aromatic rings. The van der Waals surface area contributed by atoms with Crippen molar-refractivity contribution in [3.05, 3.63) is 59.7 Å². The number of carbonyl (C=O) groups is 1. The zero-order valence-electron chi connectivity index (χ0n) is 15.3. The Morgan fingerprint density at radius 3 is 2.50 bits per heavy atom. The molecule has 0 bridgehead atoms. The number of nitrogens with one attached hydrogen (secondary N) is 1. The molecule has 0 saturated heterocycles. The van der Waals surface area contributed by atoms with Gasteiger partial charge in [0.15, 0.2) is 0 Å². The molecule has 3 rings (SSSR count). The van der Waals surface area contributed by atoms with Crippen LogP contribution < -0.4 is 9.62 Å². The Balaban J connectivity index is 1.75. The standard InChI is InChI=1S/C20H24N2O3S/c1-20(2,16-7-5-4-6-8-16)14-19(23)21-17-10-9-15-11-12-22(18(15)13-17)26(3,24)25/h4-10,13H,11-12,14H2,1-3H3,(H,21,23). The van der Waals surface area contributed by atoms with E-state index in [1.807, 2.05) is 56.3 Å². The van der Waals surface area contributed by atoms with Crippen LogP contribution in [0.3, 0.4) is 0 Å². The molecule has 1 N–H and O–H groups in total. The molecule has 0 radical (unpaired) electrons. The van der Waals surface area contributed by atoms with Gasteiger partial charge in [-0.15, -0.1) is 0 Å². The van der Waals surface area contributed by atoms with Gasteiger partial charge in [0.25, 0.3) is 0 Å². The van der Waals surface area contributed by atoms with Crippen molar-refractivity contribution in [1.29, 1.82) is 0 Å². The van der Waals surface area contributed by atoms with Crippen LogP contribution in [0.1, 0.15) is 31.4 Å². The minimum absolute atomic E-state index is 0.0947. The van der Waals surface area contributed by atoms with Gasteiger partial charge in [-0.3, -0.25) is 9.10 Å². The second-order valence-corrected chi connectivity index (χ2v) is 9.31. The molecule has 1 heterocycles. The maximum atomic E-state index is 12.5. The molecule has 1 aliphatic rings. The van der Waals surface area contributed by atoms with Gasteiger partial charge in [0.05, 0.1) is 11.9 Å². The van der Waals surface area contributed by atoms with E-state index >= 15 is 0 Å². The molecule has 138 valence electrons. The molecule has 0 spiro atoms. The maximum absolute atomic E-state index is 12.5. The summed E-state index contributed by atoms with van der Waals surface area (Å²) in [4.78, 5) is 12.5. The van der Waals surface area contributed by atoms with Crippen molar-refractivity contribution in [3.63, 3.8) is 0 Å². The first-order valence-electron chi connectivity index (χ1n) is 8.63. The SMILES string of the molecule is CC(C)(CC(=O)Nc1ccc2c(c1)N(S(C)(=O)=O)CC2)c1ccccc1. The molecule has 6 heteroatoms. The zero-order valence-corrected chi connectivity index (χ0v) is 16.1. The van der Waals surface area contributed by atoms with E-state index in [-0.39, 0.29) is 11.3 Å². The normalized spacial score (nSPS) is 14.2. The number of nitrogens with zero attached hydrogens (tertiary/aromatic N) is 1. The summed E-state index contributed by atoms with van der Waals surface area (Å²) < 4.78 is 25.2. The van der Waals surface area contributed by atoms with Crippen LogP contribution in [0.25, 0.3) is 0 Å². The van der Waals surface area contributed by atoms with Crippen LogP contribution in [0.5, 0.6) is 0 Å². The van der Waals surface area contributed by atoms with E-state index in [1.165, 1.54) is 10.6 Å². The van der Waals surface area contributed by atoms with E-state index in [0.717, 1.165) is 11.1 Å². The number of anilines is 2. The molecule has 0 atom stereocenters. The van der Waals surface area contributed by atoms with Gasteiger partial charge in [0, 0.05) is 18.7 Å². The molecule has 1 amide bonds. The van der Waals surface area contributed by atoms with Gasteiger partial charge in [-0.1, -0.05) is 50.2 Å². The van der Waals surface area contributed by atoms with Gasteiger partial charge in [-0.05, 0) is 35.1 Å². The highest BCUT2D eigenvalue weighted by molar-refractivity contribution is 7.92. The molecule has 0 unspecified atom stereocenters. The van der Waals surface area contributed by atoms with Gasteiger partial charge >= 0.3 is 0 Å². The predicted octanol–water partition coefficient (Wildman–Crippen LogP) is 3.32. The summed E-state index contributed by atoms with van der Waals surface area (Å²) in [5.74, 6) is -0.0947. The number of hydrogen-bond donors (Lipinski definition) is 1. The van der Waals surface area contributed by atoms with Crippen LogP contribution in [0.2, 0.25) is 0 Å². The van der Waals surface area contributed by atoms with Gasteiger partial charge in [0.1, 0.15) is 0 Å². The average Bonchev–Trinajstić information content (AvgIpc) is 2.98. The summed E-state index contributed by atoms with van der Waals surface area (Å²) in [6.07, 6.45) is 2.23. The lowest BCUT2D eigenvalue weighted by molar-refractivity contribution is -0.117. The van der Waals surface area contributed by atoms with Crippen molar-refractivity contribution < 1.29 is 13.2 Å². The number of rotatable bonds is 5. The topological polar surface area (TPSA) is 66.5 Å². The van der Waals surface area contributed by atoms with Crippen LogP contribution in [0.15, 0.2) is 48.5 Å².